The second-order valence-electron chi connectivity index (χ2n) is 9.71. The van der Waals surface area contributed by atoms with Crippen LogP contribution in [0, 0.1) is 11.8 Å². The summed E-state index contributed by atoms with van der Waals surface area (Å²) in [7, 11) is 0. The zero-order valence-corrected chi connectivity index (χ0v) is 17.7. The molecule has 0 radical (unpaired) electrons. The fourth-order valence-corrected chi connectivity index (χ4v) is 4.59. The Kier molecular flexibility index (Phi) is 7.40. The molecule has 156 valence electrons. The van der Waals surface area contributed by atoms with E-state index in [1.165, 1.54) is 65.0 Å². The molecule has 1 N–H and O–H groups in total. The second kappa shape index (κ2) is 9.57. The lowest BCUT2D eigenvalue weighted by Gasteiger charge is -2.40. The molecule has 0 spiro atoms. The first-order valence-electron chi connectivity index (χ1n) is 11.0. The van der Waals surface area contributed by atoms with Crippen LogP contribution in [-0.4, -0.2) is 91.8 Å². The maximum Gasteiger partial charge on any atom is 0.410 e. The molecule has 3 heterocycles. The first kappa shape index (κ1) is 20.9. The summed E-state index contributed by atoms with van der Waals surface area (Å²) >= 11 is 0. The highest BCUT2D eigenvalue weighted by Gasteiger charge is 2.28. The van der Waals surface area contributed by atoms with E-state index in [1.807, 2.05) is 25.7 Å². The molecule has 0 aromatic carbocycles. The lowest BCUT2D eigenvalue weighted by molar-refractivity contribution is 0.0121. The molecule has 3 aliphatic rings. The number of piperazine rings is 1. The van der Waals surface area contributed by atoms with Crippen molar-refractivity contribution in [2.24, 2.45) is 11.8 Å². The number of likely N-dealkylation sites (tertiary alicyclic amines) is 1. The topological polar surface area (TPSA) is 48.1 Å². The number of nitrogens with one attached hydrogen (secondary N) is 1. The van der Waals surface area contributed by atoms with Crippen LogP contribution >= 0.6 is 0 Å². The van der Waals surface area contributed by atoms with E-state index in [4.69, 9.17) is 4.74 Å². The Labute approximate surface area is 165 Å². The van der Waals surface area contributed by atoms with Gasteiger partial charge in [-0.25, -0.2) is 4.79 Å². The number of hydrogen-bond acceptors (Lipinski definition) is 5. The van der Waals surface area contributed by atoms with E-state index in [9.17, 15) is 4.79 Å². The average Bonchev–Trinajstić information content (AvgIpc) is 2.63. The second-order valence-corrected chi connectivity index (χ2v) is 9.71. The Morgan fingerprint density at radius 3 is 1.93 bits per heavy atom. The van der Waals surface area contributed by atoms with Crippen LogP contribution in [0.3, 0.4) is 0 Å². The molecule has 0 unspecified atom stereocenters. The molecule has 3 saturated heterocycles. The Bertz CT molecular complexity index is 457. The molecule has 1 amide bonds. The predicted molar refractivity (Wildman–Crippen MR) is 109 cm³/mol. The molecule has 0 atom stereocenters. The van der Waals surface area contributed by atoms with Crippen LogP contribution in [0.1, 0.15) is 46.5 Å². The Morgan fingerprint density at radius 1 is 0.852 bits per heavy atom. The van der Waals surface area contributed by atoms with Gasteiger partial charge in [0.25, 0.3) is 0 Å². The molecule has 3 rings (SSSR count). The molecule has 3 aliphatic heterocycles. The van der Waals surface area contributed by atoms with Gasteiger partial charge in [-0.05, 0) is 84.5 Å². The molecule has 0 aromatic rings. The number of nitrogens with zero attached hydrogens (tertiary/aromatic N) is 3. The summed E-state index contributed by atoms with van der Waals surface area (Å²) in [5.74, 6) is 1.73. The quantitative estimate of drug-likeness (QED) is 0.811. The van der Waals surface area contributed by atoms with E-state index in [0.29, 0.717) is 0 Å². The third-order valence-electron chi connectivity index (χ3n) is 6.22. The minimum atomic E-state index is -0.406. The molecule has 0 aliphatic carbocycles. The van der Waals surface area contributed by atoms with E-state index >= 15 is 0 Å². The van der Waals surface area contributed by atoms with Gasteiger partial charge in [0.15, 0.2) is 0 Å². The van der Waals surface area contributed by atoms with Crippen molar-refractivity contribution in [2.75, 3.05) is 65.4 Å². The van der Waals surface area contributed by atoms with Gasteiger partial charge < -0.3 is 19.9 Å². The minimum Gasteiger partial charge on any atom is -0.444 e. The number of carbonyl (C=O) groups is 1. The number of ether oxygens (including phenoxy) is 1. The summed E-state index contributed by atoms with van der Waals surface area (Å²) in [6, 6.07) is 0. The molecular weight excluding hydrogens is 340 g/mol. The highest BCUT2D eigenvalue weighted by Crippen LogP contribution is 2.22. The Morgan fingerprint density at radius 2 is 1.37 bits per heavy atom. The van der Waals surface area contributed by atoms with Gasteiger partial charge in [-0.2, -0.15) is 0 Å². The van der Waals surface area contributed by atoms with Crippen LogP contribution in [-0.2, 0) is 4.74 Å². The lowest BCUT2D eigenvalue weighted by atomic mass is 9.93. The van der Waals surface area contributed by atoms with Crippen molar-refractivity contribution in [3.05, 3.63) is 0 Å². The first-order chi connectivity index (χ1) is 12.9. The molecule has 0 aromatic heterocycles. The average molecular weight is 381 g/mol. The van der Waals surface area contributed by atoms with Gasteiger partial charge in [-0.1, -0.05) is 0 Å². The van der Waals surface area contributed by atoms with Gasteiger partial charge in [-0.15, -0.1) is 0 Å². The molecule has 6 nitrogen and oxygen atoms in total. The van der Waals surface area contributed by atoms with Crippen LogP contribution in [0.4, 0.5) is 4.79 Å². The smallest absolute Gasteiger partial charge is 0.410 e. The maximum absolute atomic E-state index is 12.2. The van der Waals surface area contributed by atoms with Crippen LogP contribution < -0.4 is 5.32 Å². The van der Waals surface area contributed by atoms with Gasteiger partial charge in [0.05, 0.1) is 0 Å². The number of piperidine rings is 2. The highest BCUT2D eigenvalue weighted by atomic mass is 16.6. The Hall–Kier alpha value is -0.850. The van der Waals surface area contributed by atoms with Gasteiger partial charge in [-0.3, -0.25) is 4.90 Å². The zero-order valence-electron chi connectivity index (χ0n) is 17.7. The van der Waals surface area contributed by atoms with Gasteiger partial charge in [0.1, 0.15) is 5.60 Å². The van der Waals surface area contributed by atoms with Crippen LogP contribution in [0.15, 0.2) is 0 Å². The van der Waals surface area contributed by atoms with Gasteiger partial charge in [0, 0.05) is 39.3 Å². The zero-order chi connectivity index (χ0) is 19.3. The Balaban J connectivity index is 1.31. The van der Waals surface area contributed by atoms with Crippen LogP contribution in [0.5, 0.6) is 0 Å². The number of carbonyl (C=O) groups excluding carboxylic acids is 1. The number of amides is 1. The number of rotatable bonds is 4. The maximum atomic E-state index is 12.2. The van der Waals surface area contributed by atoms with E-state index in [0.717, 1.165) is 38.0 Å². The first-order valence-corrected chi connectivity index (χ1v) is 11.0. The fourth-order valence-electron chi connectivity index (χ4n) is 4.59. The van der Waals surface area contributed by atoms with Crippen molar-refractivity contribution in [2.45, 2.75) is 52.1 Å². The van der Waals surface area contributed by atoms with Gasteiger partial charge >= 0.3 is 6.09 Å². The minimum absolute atomic E-state index is 0.159. The van der Waals surface area contributed by atoms with E-state index in [1.54, 1.807) is 0 Å². The molecular formula is C21H40N4O2. The van der Waals surface area contributed by atoms with Crippen molar-refractivity contribution >= 4 is 6.09 Å². The summed E-state index contributed by atoms with van der Waals surface area (Å²) in [5.41, 5.74) is -0.406. The molecule has 0 saturated carbocycles. The lowest BCUT2D eigenvalue weighted by Crippen LogP contribution is -2.51. The summed E-state index contributed by atoms with van der Waals surface area (Å²) in [4.78, 5) is 19.3. The summed E-state index contributed by atoms with van der Waals surface area (Å²) < 4.78 is 5.50. The van der Waals surface area contributed by atoms with Crippen molar-refractivity contribution < 1.29 is 9.53 Å². The highest BCUT2D eigenvalue weighted by molar-refractivity contribution is 5.68. The van der Waals surface area contributed by atoms with E-state index in [2.05, 4.69) is 15.1 Å². The van der Waals surface area contributed by atoms with E-state index in [-0.39, 0.29) is 6.09 Å². The summed E-state index contributed by atoms with van der Waals surface area (Å²) in [6.07, 6.45) is 5.20. The van der Waals surface area contributed by atoms with Crippen molar-refractivity contribution in [3.63, 3.8) is 0 Å². The molecule has 0 bridgehead atoms. The van der Waals surface area contributed by atoms with Crippen molar-refractivity contribution in [3.8, 4) is 0 Å². The van der Waals surface area contributed by atoms with Crippen molar-refractivity contribution in [1.29, 1.82) is 0 Å². The molecule has 6 heteroatoms. The van der Waals surface area contributed by atoms with Crippen molar-refractivity contribution in [1.82, 2.24) is 20.0 Å². The third-order valence-corrected chi connectivity index (χ3v) is 6.22. The fraction of sp³-hybridized carbons (Fsp3) is 0.952. The monoisotopic (exact) mass is 380 g/mol. The number of hydrogen-bond donors (Lipinski definition) is 1. The summed E-state index contributed by atoms with van der Waals surface area (Å²) in [6.45, 7) is 16.8. The predicted octanol–water partition coefficient (Wildman–Crippen LogP) is 2.25. The van der Waals surface area contributed by atoms with Crippen LogP contribution in [0.25, 0.3) is 0 Å². The van der Waals surface area contributed by atoms with Crippen LogP contribution in [0.2, 0.25) is 0 Å². The standard InChI is InChI=1S/C21H40N4O2/c1-21(2,3)27-20(26)25-14-12-24(13-15-25)17-19-6-10-23(11-7-19)16-18-4-8-22-9-5-18/h18-19,22H,4-17H2,1-3H3. The summed E-state index contributed by atoms with van der Waals surface area (Å²) in [5, 5.41) is 3.47. The SMILES string of the molecule is CC(C)(C)OC(=O)N1CCN(CC2CCN(CC3CCNCC3)CC2)CC1. The van der Waals surface area contributed by atoms with E-state index < -0.39 is 5.60 Å². The third kappa shape index (κ3) is 6.91. The molecule has 3 fully saturated rings. The molecule has 27 heavy (non-hydrogen) atoms. The normalized spacial score (nSPS) is 24.9. The largest absolute Gasteiger partial charge is 0.444 e. The van der Waals surface area contributed by atoms with Gasteiger partial charge in [0.2, 0.25) is 0 Å².